The zero-order chi connectivity index (χ0) is 6.57. The van der Waals surface area contributed by atoms with Crippen LogP contribution in [-0.4, -0.2) is 32.0 Å². The van der Waals surface area contributed by atoms with E-state index in [0.717, 1.165) is 0 Å². The quantitative estimate of drug-likeness (QED) is 0.333. The second-order valence-corrected chi connectivity index (χ2v) is 2.02. The van der Waals surface area contributed by atoms with Crippen LogP contribution in [0, 0.1) is 0 Å². The number of rotatable bonds is 3. The van der Waals surface area contributed by atoms with Gasteiger partial charge in [-0.3, -0.25) is 0 Å². The summed E-state index contributed by atoms with van der Waals surface area (Å²) in [5.41, 5.74) is 10.7. The second-order valence-electron chi connectivity index (χ2n) is 2.02. The Morgan fingerprint density at radius 3 is 2.25 bits per heavy atom. The van der Waals surface area contributed by atoms with Crippen LogP contribution in [0.2, 0.25) is 0 Å². The molecule has 0 aliphatic carbocycles. The second kappa shape index (κ2) is 3.89. The molecule has 0 spiro atoms. The maximum atomic E-state index is 5.35. The van der Waals surface area contributed by atoms with Crippen molar-refractivity contribution < 1.29 is 0 Å². The Morgan fingerprint density at radius 1 is 1.62 bits per heavy atom. The minimum Gasteiger partial charge on any atom is -0.334 e. The largest absolute Gasteiger partial charge is 0.334 e. The van der Waals surface area contributed by atoms with E-state index in [9.17, 15) is 0 Å². The smallest absolute Gasteiger partial charge is 0.187 e. The van der Waals surface area contributed by atoms with Crippen LogP contribution in [0.25, 0.3) is 0 Å². The molecule has 0 aromatic heterocycles. The van der Waals surface area contributed by atoms with Crippen LogP contribution < -0.4 is 11.5 Å². The molecule has 1 unspecified atom stereocenters. The van der Waals surface area contributed by atoms with Gasteiger partial charge in [-0.05, 0) is 6.92 Å². The summed E-state index contributed by atoms with van der Waals surface area (Å²) < 4.78 is 0. The molecule has 0 bridgehead atoms. The Morgan fingerprint density at radius 2 is 2.12 bits per heavy atom. The van der Waals surface area contributed by atoms with Crippen LogP contribution in [0.15, 0.2) is 0 Å². The Labute approximate surface area is 51.4 Å². The first-order valence-corrected chi connectivity index (χ1v) is 2.82. The average molecular weight is 115 g/mol. The third-order valence-corrected chi connectivity index (χ3v) is 1.38. The lowest BCUT2D eigenvalue weighted by Gasteiger charge is -2.20. The number of nitrogens with zero attached hydrogens (tertiary/aromatic N) is 1. The molecule has 0 aliphatic rings. The predicted molar refractivity (Wildman–Crippen MR) is 38.0 cm³/mol. The van der Waals surface area contributed by atoms with Crippen molar-refractivity contribution in [2.24, 2.45) is 11.5 Å². The highest BCUT2D eigenvalue weighted by Crippen LogP contribution is 1.85. The fourth-order valence-electron chi connectivity index (χ4n) is 0.360. The molecule has 3 nitrogen and oxygen atoms in total. The predicted octanol–water partition coefficient (Wildman–Crippen LogP) is -1.90. The molecule has 1 atom stereocenters. The average Bonchev–Trinajstić information content (AvgIpc) is 1.84. The van der Waals surface area contributed by atoms with E-state index >= 15 is 0 Å². The molecule has 0 radical (unpaired) electrons. The van der Waals surface area contributed by atoms with Gasteiger partial charge in [0.05, 0.1) is 0 Å². The molecule has 4 N–H and O–H groups in total. The summed E-state index contributed by atoms with van der Waals surface area (Å²) >= 11 is 0. The lowest BCUT2D eigenvalue weighted by atomic mass is 10.2. The van der Waals surface area contributed by atoms with E-state index in [1.54, 1.807) is 0 Å². The van der Waals surface area contributed by atoms with Gasteiger partial charge in [0.15, 0.2) is 7.98 Å². The van der Waals surface area contributed by atoms with Gasteiger partial charge in [-0.1, -0.05) is 0 Å². The van der Waals surface area contributed by atoms with Gasteiger partial charge in [-0.2, -0.15) is 0 Å². The van der Waals surface area contributed by atoms with Crippen molar-refractivity contribution in [3.8, 4) is 0 Å². The third-order valence-electron chi connectivity index (χ3n) is 1.38. The Hall–Kier alpha value is -0.0551. The van der Waals surface area contributed by atoms with Crippen molar-refractivity contribution in [3.05, 3.63) is 0 Å². The molecule has 0 heterocycles. The van der Waals surface area contributed by atoms with Crippen molar-refractivity contribution in [1.82, 2.24) is 4.81 Å². The normalized spacial score (nSPS) is 14.5. The number of nitrogens with two attached hydrogens (primary N) is 2. The lowest BCUT2D eigenvalue weighted by Crippen LogP contribution is -2.39. The van der Waals surface area contributed by atoms with Gasteiger partial charge >= 0.3 is 0 Å². The van der Waals surface area contributed by atoms with Crippen LogP contribution in [0.3, 0.4) is 0 Å². The van der Waals surface area contributed by atoms with Crippen LogP contribution in [0.5, 0.6) is 0 Å². The SMILES string of the molecule is BN(CN)C(C)CN. The molecule has 4 heteroatoms. The molecule has 0 aromatic rings. The number of hydrogen-bond donors (Lipinski definition) is 2. The van der Waals surface area contributed by atoms with Crippen LogP contribution in [0.1, 0.15) is 6.92 Å². The van der Waals surface area contributed by atoms with Crippen molar-refractivity contribution in [2.75, 3.05) is 13.2 Å². The van der Waals surface area contributed by atoms with E-state index in [1.165, 1.54) is 0 Å². The van der Waals surface area contributed by atoms with E-state index in [4.69, 9.17) is 11.5 Å². The Kier molecular flexibility index (Phi) is 3.86. The van der Waals surface area contributed by atoms with Gasteiger partial charge in [-0.25, -0.2) is 0 Å². The summed E-state index contributed by atoms with van der Waals surface area (Å²) in [6, 6.07) is 0.403. The van der Waals surface area contributed by atoms with Crippen LogP contribution in [0.4, 0.5) is 0 Å². The van der Waals surface area contributed by atoms with E-state index in [0.29, 0.717) is 19.3 Å². The molecule has 0 aromatic carbocycles. The standard InChI is InChI=1S/C4H14BN3/c1-4(2-6)8(5)3-7/h4H,2-3,5-7H2,1H3. The molecule has 0 amide bonds. The van der Waals surface area contributed by atoms with Gasteiger partial charge in [-0.15, -0.1) is 0 Å². The molecule has 0 rings (SSSR count). The van der Waals surface area contributed by atoms with E-state index in [-0.39, 0.29) is 0 Å². The van der Waals surface area contributed by atoms with Gasteiger partial charge in [0.25, 0.3) is 0 Å². The van der Waals surface area contributed by atoms with Gasteiger partial charge < -0.3 is 16.3 Å². The first kappa shape index (κ1) is 7.94. The fraction of sp³-hybridized carbons (Fsp3) is 1.00. The summed E-state index contributed by atoms with van der Waals surface area (Å²) in [5, 5.41) is 0. The van der Waals surface area contributed by atoms with Crippen molar-refractivity contribution in [3.63, 3.8) is 0 Å². The zero-order valence-corrected chi connectivity index (χ0v) is 5.59. The van der Waals surface area contributed by atoms with E-state index < -0.39 is 0 Å². The topological polar surface area (TPSA) is 55.3 Å². The summed E-state index contributed by atoms with van der Waals surface area (Å²) in [7, 11) is 1.96. The first-order valence-electron chi connectivity index (χ1n) is 2.82. The van der Waals surface area contributed by atoms with Gasteiger partial charge in [0, 0.05) is 19.3 Å². The highest BCUT2D eigenvalue weighted by Gasteiger charge is 2.01. The van der Waals surface area contributed by atoms with Crippen LogP contribution in [-0.2, 0) is 0 Å². The molecular formula is C4H14BN3. The molecule has 8 heavy (non-hydrogen) atoms. The number of hydrogen-bond acceptors (Lipinski definition) is 3. The van der Waals surface area contributed by atoms with Gasteiger partial charge in [0.2, 0.25) is 0 Å². The summed E-state index contributed by atoms with van der Waals surface area (Å²) in [6.45, 7) is 3.30. The highest BCUT2D eigenvalue weighted by atomic mass is 15.1. The minimum atomic E-state index is 0.403. The third kappa shape index (κ3) is 2.30. The maximum Gasteiger partial charge on any atom is 0.187 e. The molecule has 0 saturated carbocycles. The molecule has 0 fully saturated rings. The summed E-state index contributed by atoms with van der Waals surface area (Å²) in [4.78, 5) is 2.00. The van der Waals surface area contributed by atoms with Crippen molar-refractivity contribution in [1.29, 1.82) is 0 Å². The Bertz CT molecular complexity index is 51.2. The highest BCUT2D eigenvalue weighted by molar-refractivity contribution is 6.04. The monoisotopic (exact) mass is 115 g/mol. The van der Waals surface area contributed by atoms with Gasteiger partial charge in [0.1, 0.15) is 0 Å². The van der Waals surface area contributed by atoms with Crippen molar-refractivity contribution in [2.45, 2.75) is 13.0 Å². The van der Waals surface area contributed by atoms with E-state index in [1.807, 2.05) is 19.7 Å². The van der Waals surface area contributed by atoms with Crippen LogP contribution >= 0.6 is 0 Å². The molecule has 0 saturated heterocycles. The summed E-state index contributed by atoms with van der Waals surface area (Å²) in [6.07, 6.45) is 0. The fourth-order valence-corrected chi connectivity index (χ4v) is 0.360. The van der Waals surface area contributed by atoms with Crippen molar-refractivity contribution >= 4 is 7.98 Å². The molecule has 48 valence electrons. The minimum absolute atomic E-state index is 0.403. The maximum absolute atomic E-state index is 5.35. The van der Waals surface area contributed by atoms with E-state index in [2.05, 4.69) is 0 Å². The molecule has 0 aliphatic heterocycles. The molecular weight excluding hydrogens is 101 g/mol. The Balaban J connectivity index is 3.29. The zero-order valence-electron chi connectivity index (χ0n) is 5.59. The summed E-state index contributed by atoms with van der Waals surface area (Å²) in [5.74, 6) is 0. The lowest BCUT2D eigenvalue weighted by molar-refractivity contribution is 0.373. The first-order chi connectivity index (χ1) is 3.72.